The zero-order chi connectivity index (χ0) is 15.9. The van der Waals surface area contributed by atoms with Gasteiger partial charge >= 0.3 is 0 Å². The Bertz CT molecular complexity index is 622. The molecule has 0 bridgehead atoms. The average Bonchev–Trinajstić information content (AvgIpc) is 2.88. The second-order valence-electron chi connectivity index (χ2n) is 6.10. The highest BCUT2D eigenvalue weighted by atomic mass is 79.9. The second kappa shape index (κ2) is 5.99. The van der Waals surface area contributed by atoms with Crippen LogP contribution in [0.1, 0.15) is 42.5 Å². The Hall–Kier alpha value is -1.43. The van der Waals surface area contributed by atoms with Crippen molar-refractivity contribution in [3.05, 3.63) is 34.1 Å². The predicted molar refractivity (Wildman–Crippen MR) is 83.6 cm³/mol. The summed E-state index contributed by atoms with van der Waals surface area (Å²) in [6, 6.07) is 3.64. The molecule has 3 atom stereocenters. The maximum Gasteiger partial charge on any atom is 0.257 e. The number of rotatable bonds is 2. The lowest BCUT2D eigenvalue weighted by Gasteiger charge is -2.33. The lowest BCUT2D eigenvalue weighted by molar-refractivity contribution is -0.122. The van der Waals surface area contributed by atoms with E-state index in [-0.39, 0.29) is 11.6 Å². The molecule has 2 amide bonds. The molecule has 1 aliphatic heterocycles. The largest absolute Gasteiger partial charge is 0.368 e. The molecule has 2 aliphatic rings. The molecule has 0 aromatic heterocycles. The molecule has 1 aliphatic carbocycles. The molecule has 1 saturated heterocycles. The number of carbonyl (C=O) groups excluding carboxylic acids is 2. The van der Waals surface area contributed by atoms with Crippen LogP contribution in [0, 0.1) is 11.7 Å². The van der Waals surface area contributed by atoms with E-state index in [0.29, 0.717) is 16.8 Å². The van der Waals surface area contributed by atoms with E-state index in [1.54, 1.807) is 6.07 Å². The van der Waals surface area contributed by atoms with E-state index in [4.69, 9.17) is 5.73 Å². The number of hydrogen-bond donors (Lipinski definition) is 1. The maximum absolute atomic E-state index is 14.0. The minimum Gasteiger partial charge on any atom is -0.368 e. The first-order chi connectivity index (χ1) is 10.5. The van der Waals surface area contributed by atoms with Crippen molar-refractivity contribution in [3.63, 3.8) is 0 Å². The molecule has 2 fully saturated rings. The van der Waals surface area contributed by atoms with Gasteiger partial charge in [0.1, 0.15) is 11.9 Å². The molecule has 1 aromatic rings. The van der Waals surface area contributed by atoms with E-state index in [2.05, 4.69) is 15.9 Å². The van der Waals surface area contributed by atoms with Crippen molar-refractivity contribution in [3.8, 4) is 0 Å². The van der Waals surface area contributed by atoms with Gasteiger partial charge in [-0.05, 0) is 43.4 Å². The van der Waals surface area contributed by atoms with Crippen molar-refractivity contribution in [1.29, 1.82) is 0 Å². The van der Waals surface area contributed by atoms with Crippen molar-refractivity contribution in [2.24, 2.45) is 11.7 Å². The number of primary amides is 1. The smallest absolute Gasteiger partial charge is 0.257 e. The van der Waals surface area contributed by atoms with Gasteiger partial charge in [-0.2, -0.15) is 0 Å². The molecular weight excluding hydrogens is 351 g/mol. The summed E-state index contributed by atoms with van der Waals surface area (Å²) < 4.78 is 14.7. The zero-order valence-electron chi connectivity index (χ0n) is 12.1. The van der Waals surface area contributed by atoms with Crippen LogP contribution in [0.2, 0.25) is 0 Å². The summed E-state index contributed by atoms with van der Waals surface area (Å²) in [7, 11) is 0. The minimum absolute atomic E-state index is 0.00266. The first kappa shape index (κ1) is 15.5. The zero-order valence-corrected chi connectivity index (χ0v) is 13.7. The minimum atomic E-state index is -0.626. The second-order valence-corrected chi connectivity index (χ2v) is 7.02. The number of nitrogens with zero attached hydrogens (tertiary/aromatic N) is 1. The van der Waals surface area contributed by atoms with Crippen LogP contribution in [0.15, 0.2) is 22.7 Å². The molecule has 0 unspecified atom stereocenters. The number of likely N-dealkylation sites (tertiary alicyclic amines) is 1. The third kappa shape index (κ3) is 2.64. The summed E-state index contributed by atoms with van der Waals surface area (Å²) in [5, 5.41) is 0. The summed E-state index contributed by atoms with van der Waals surface area (Å²) in [5.74, 6) is -1.21. The van der Waals surface area contributed by atoms with Crippen molar-refractivity contribution < 1.29 is 14.0 Å². The molecule has 1 heterocycles. The quantitative estimate of drug-likeness (QED) is 0.872. The maximum atomic E-state index is 14.0. The number of benzene rings is 1. The van der Waals surface area contributed by atoms with Crippen molar-refractivity contribution in [1.82, 2.24) is 4.90 Å². The molecule has 118 valence electrons. The number of amides is 2. The number of hydrogen-bond acceptors (Lipinski definition) is 2. The molecule has 4 nitrogen and oxygen atoms in total. The molecule has 3 rings (SSSR count). The van der Waals surface area contributed by atoms with Crippen molar-refractivity contribution in [2.75, 3.05) is 0 Å². The third-order valence-electron chi connectivity index (χ3n) is 4.81. The van der Waals surface area contributed by atoms with Gasteiger partial charge in [0.15, 0.2) is 0 Å². The molecule has 1 saturated carbocycles. The normalized spacial score (nSPS) is 27.5. The first-order valence-electron chi connectivity index (χ1n) is 7.56. The molecule has 22 heavy (non-hydrogen) atoms. The Morgan fingerprint density at radius 3 is 2.73 bits per heavy atom. The summed E-state index contributed by atoms with van der Waals surface area (Å²) >= 11 is 3.26. The van der Waals surface area contributed by atoms with Gasteiger partial charge in [-0.1, -0.05) is 28.8 Å². The fraction of sp³-hybridized carbons (Fsp3) is 0.500. The van der Waals surface area contributed by atoms with Crippen molar-refractivity contribution >= 4 is 27.7 Å². The fourth-order valence-corrected chi connectivity index (χ4v) is 4.17. The lowest BCUT2D eigenvalue weighted by Crippen LogP contribution is -2.48. The molecule has 2 N–H and O–H groups in total. The predicted octanol–water partition coefficient (Wildman–Crippen LogP) is 2.85. The topological polar surface area (TPSA) is 63.4 Å². The van der Waals surface area contributed by atoms with E-state index in [1.165, 1.54) is 17.0 Å². The monoisotopic (exact) mass is 368 g/mol. The van der Waals surface area contributed by atoms with Crippen LogP contribution >= 0.6 is 15.9 Å². The van der Waals surface area contributed by atoms with E-state index >= 15 is 0 Å². The van der Waals surface area contributed by atoms with E-state index in [9.17, 15) is 14.0 Å². The fourth-order valence-electron chi connectivity index (χ4n) is 3.81. The summed E-state index contributed by atoms with van der Waals surface area (Å²) in [6.07, 6.45) is 4.59. The van der Waals surface area contributed by atoms with E-state index in [0.717, 1.165) is 25.7 Å². The number of halogens is 2. The molecule has 0 spiro atoms. The van der Waals surface area contributed by atoms with E-state index in [1.807, 2.05) is 0 Å². The highest BCUT2D eigenvalue weighted by molar-refractivity contribution is 9.10. The summed E-state index contributed by atoms with van der Waals surface area (Å²) in [5.41, 5.74) is 5.48. The van der Waals surface area contributed by atoms with Crippen LogP contribution in [0.3, 0.4) is 0 Å². The van der Waals surface area contributed by atoms with Crippen LogP contribution in [-0.2, 0) is 4.79 Å². The molecule has 1 aromatic carbocycles. The average molecular weight is 369 g/mol. The van der Waals surface area contributed by atoms with Gasteiger partial charge in [0.05, 0.1) is 5.56 Å². The standard InChI is InChI=1S/C16H18BrFN2O2/c17-10-5-6-12(18)11(8-10)16(22)20-13-4-2-1-3-9(13)7-14(20)15(19)21/h5-6,8-9,13-14H,1-4,7H2,(H2,19,21)/t9-,13+,14-/m0/s1. The van der Waals surface area contributed by atoms with Gasteiger partial charge in [-0.25, -0.2) is 4.39 Å². The highest BCUT2D eigenvalue weighted by Gasteiger charge is 2.47. The van der Waals surface area contributed by atoms with Gasteiger partial charge in [0.25, 0.3) is 5.91 Å². The number of fused-ring (bicyclic) bond motifs is 1. The Labute approximate surface area is 137 Å². The molecule has 0 radical (unpaired) electrons. The Morgan fingerprint density at radius 2 is 2.00 bits per heavy atom. The van der Waals surface area contributed by atoms with Crippen LogP contribution < -0.4 is 5.73 Å². The highest BCUT2D eigenvalue weighted by Crippen LogP contribution is 2.40. The number of carbonyl (C=O) groups is 2. The van der Waals surface area contributed by atoms with E-state index < -0.39 is 23.7 Å². The Kier molecular flexibility index (Phi) is 4.21. The van der Waals surface area contributed by atoms with Gasteiger partial charge < -0.3 is 10.6 Å². The summed E-state index contributed by atoms with van der Waals surface area (Å²) in [4.78, 5) is 26.2. The van der Waals surface area contributed by atoms with Crippen LogP contribution in [0.5, 0.6) is 0 Å². The Balaban J connectivity index is 1.97. The third-order valence-corrected chi connectivity index (χ3v) is 5.30. The van der Waals surface area contributed by atoms with Crippen LogP contribution in [0.4, 0.5) is 4.39 Å². The lowest BCUT2D eigenvalue weighted by atomic mass is 9.84. The van der Waals surface area contributed by atoms with Gasteiger partial charge in [0, 0.05) is 10.5 Å². The first-order valence-corrected chi connectivity index (χ1v) is 8.35. The van der Waals surface area contributed by atoms with Crippen LogP contribution in [0.25, 0.3) is 0 Å². The Morgan fingerprint density at radius 1 is 1.27 bits per heavy atom. The molecular formula is C16H18BrFN2O2. The van der Waals surface area contributed by atoms with Crippen LogP contribution in [-0.4, -0.2) is 28.8 Å². The van der Waals surface area contributed by atoms with Gasteiger partial charge in [-0.15, -0.1) is 0 Å². The van der Waals surface area contributed by atoms with Crippen molar-refractivity contribution in [2.45, 2.75) is 44.2 Å². The van der Waals surface area contributed by atoms with Gasteiger partial charge in [0.2, 0.25) is 5.91 Å². The number of nitrogens with two attached hydrogens (primary N) is 1. The molecule has 6 heteroatoms. The van der Waals surface area contributed by atoms with Gasteiger partial charge in [-0.3, -0.25) is 9.59 Å². The summed E-state index contributed by atoms with van der Waals surface area (Å²) in [6.45, 7) is 0. The SMILES string of the molecule is NC(=O)[C@@H]1C[C@@H]2CCCC[C@H]2N1C(=O)c1cc(Br)ccc1F.